The van der Waals surface area contributed by atoms with Gasteiger partial charge < -0.3 is 24.3 Å². The van der Waals surface area contributed by atoms with Crippen LogP contribution in [0.4, 0.5) is 5.82 Å². The SMILES string of the molecule is CC(C)C(NP(Oc1ccccc1)OC(C)C1CCC(n2cnc3c(N)ncnc32)O1)C(=O)OC1CCCCC1. The first-order valence-corrected chi connectivity index (χ1v) is 15.3. The second-order valence-electron chi connectivity index (χ2n) is 10.8. The third-order valence-electron chi connectivity index (χ3n) is 7.44. The molecule has 0 amide bonds. The molecular weight excluding hydrogens is 531 g/mol. The molecule has 3 N–H and O–H groups in total. The number of nitrogen functional groups attached to an aromatic ring is 1. The van der Waals surface area contributed by atoms with Crippen molar-refractivity contribution in [3.8, 4) is 5.75 Å². The Bertz CT molecular complexity index is 1250. The summed E-state index contributed by atoms with van der Waals surface area (Å²) in [5, 5.41) is 3.36. The third-order valence-corrected chi connectivity index (χ3v) is 8.83. The number of nitrogens with one attached hydrogen (secondary N) is 1. The number of fused-ring (bicyclic) bond motifs is 1. The van der Waals surface area contributed by atoms with Gasteiger partial charge in [-0.2, -0.15) is 0 Å². The highest BCUT2D eigenvalue weighted by atomic mass is 31.2. The number of hydrogen-bond acceptors (Lipinski definition) is 10. The highest BCUT2D eigenvalue weighted by molar-refractivity contribution is 7.45. The fraction of sp³-hybridized carbons (Fsp3) is 0.571. The Morgan fingerprint density at radius 2 is 1.85 bits per heavy atom. The van der Waals surface area contributed by atoms with Crippen molar-refractivity contribution in [2.45, 2.75) is 96.3 Å². The third kappa shape index (κ3) is 6.89. The lowest BCUT2D eigenvalue weighted by Crippen LogP contribution is -2.42. The van der Waals surface area contributed by atoms with Gasteiger partial charge in [-0.05, 0) is 63.5 Å². The largest absolute Gasteiger partial charge is 0.461 e. The molecule has 2 aliphatic rings. The normalized spacial score (nSPS) is 22.3. The van der Waals surface area contributed by atoms with Gasteiger partial charge in [0, 0.05) is 0 Å². The summed E-state index contributed by atoms with van der Waals surface area (Å²) in [6.07, 6.45) is 9.11. The van der Waals surface area contributed by atoms with E-state index in [2.05, 4.69) is 20.0 Å². The minimum absolute atomic E-state index is 0.0181. The first kappa shape index (κ1) is 28.7. The average molecular weight is 571 g/mol. The molecule has 1 aromatic carbocycles. The zero-order chi connectivity index (χ0) is 28.1. The molecule has 2 fully saturated rings. The van der Waals surface area contributed by atoms with Gasteiger partial charge in [0.15, 0.2) is 11.5 Å². The minimum Gasteiger partial charge on any atom is -0.461 e. The van der Waals surface area contributed by atoms with Gasteiger partial charge in [0.05, 0.1) is 18.5 Å². The minimum atomic E-state index is -1.70. The fourth-order valence-corrected chi connectivity index (χ4v) is 6.70. The highest BCUT2D eigenvalue weighted by Gasteiger charge is 2.36. The van der Waals surface area contributed by atoms with Gasteiger partial charge in [0.2, 0.25) is 0 Å². The number of anilines is 1. The van der Waals surface area contributed by atoms with Gasteiger partial charge in [-0.1, -0.05) is 38.5 Å². The molecule has 3 aromatic rings. The molecule has 2 aromatic heterocycles. The molecule has 1 aliphatic carbocycles. The molecule has 0 radical (unpaired) electrons. The quantitative estimate of drug-likeness (QED) is 0.231. The second kappa shape index (κ2) is 13.2. The molecule has 11 nitrogen and oxygen atoms in total. The Labute approximate surface area is 236 Å². The monoisotopic (exact) mass is 570 g/mol. The lowest BCUT2D eigenvalue weighted by atomic mass is 9.97. The van der Waals surface area contributed by atoms with Crippen molar-refractivity contribution in [2.75, 3.05) is 5.73 Å². The van der Waals surface area contributed by atoms with Crippen LogP contribution in [0.1, 0.15) is 71.9 Å². The van der Waals surface area contributed by atoms with Crippen LogP contribution in [0, 0.1) is 5.92 Å². The number of carbonyl (C=O) groups is 1. The summed E-state index contributed by atoms with van der Waals surface area (Å²) < 4.78 is 26.9. The van der Waals surface area contributed by atoms with Gasteiger partial charge >= 0.3 is 14.5 Å². The van der Waals surface area contributed by atoms with Crippen LogP contribution in [-0.2, 0) is 18.8 Å². The molecule has 0 bridgehead atoms. The second-order valence-corrected chi connectivity index (χ2v) is 12.0. The number of carbonyl (C=O) groups excluding carboxylic acids is 1. The van der Waals surface area contributed by atoms with Crippen LogP contribution in [0.25, 0.3) is 11.2 Å². The number of ether oxygens (including phenoxy) is 2. The summed E-state index contributed by atoms with van der Waals surface area (Å²) in [5.41, 5.74) is 7.15. The van der Waals surface area contributed by atoms with Gasteiger partial charge in [-0.25, -0.2) is 20.0 Å². The maximum absolute atomic E-state index is 13.3. The summed E-state index contributed by atoms with van der Waals surface area (Å²) in [7, 11) is -1.70. The van der Waals surface area contributed by atoms with Gasteiger partial charge in [0.25, 0.3) is 0 Å². The van der Waals surface area contributed by atoms with E-state index >= 15 is 0 Å². The first-order valence-electron chi connectivity index (χ1n) is 14.1. The molecule has 3 heterocycles. The lowest BCUT2D eigenvalue weighted by molar-refractivity contribution is -0.153. The predicted octanol–water partition coefficient (Wildman–Crippen LogP) is 5.29. The molecule has 0 spiro atoms. The Morgan fingerprint density at radius 3 is 2.60 bits per heavy atom. The van der Waals surface area contributed by atoms with E-state index in [0.29, 0.717) is 22.7 Å². The smallest absolute Gasteiger partial charge is 0.324 e. The van der Waals surface area contributed by atoms with Crippen molar-refractivity contribution in [3.63, 3.8) is 0 Å². The van der Waals surface area contributed by atoms with E-state index < -0.39 is 14.6 Å². The predicted molar refractivity (Wildman–Crippen MR) is 152 cm³/mol. The van der Waals surface area contributed by atoms with Crippen LogP contribution in [0.2, 0.25) is 0 Å². The molecule has 5 atom stereocenters. The molecule has 5 unspecified atom stereocenters. The van der Waals surface area contributed by atoms with Gasteiger partial charge in [0.1, 0.15) is 36.0 Å². The van der Waals surface area contributed by atoms with Crippen molar-refractivity contribution in [1.82, 2.24) is 24.6 Å². The number of rotatable bonds is 11. The van der Waals surface area contributed by atoms with Crippen LogP contribution < -0.4 is 15.3 Å². The molecule has 1 saturated carbocycles. The molecule has 1 saturated heterocycles. The van der Waals surface area contributed by atoms with Crippen molar-refractivity contribution in [3.05, 3.63) is 43.0 Å². The molecule has 1 aliphatic heterocycles. The van der Waals surface area contributed by atoms with Crippen molar-refractivity contribution >= 4 is 31.5 Å². The van der Waals surface area contributed by atoms with Gasteiger partial charge in [-0.15, -0.1) is 0 Å². The van der Waals surface area contributed by atoms with Gasteiger partial charge in [-0.3, -0.25) is 9.36 Å². The Kier molecular flexibility index (Phi) is 9.47. The Morgan fingerprint density at radius 1 is 1.07 bits per heavy atom. The highest BCUT2D eigenvalue weighted by Crippen LogP contribution is 2.42. The molecular formula is C28H39N6O5P. The van der Waals surface area contributed by atoms with E-state index in [9.17, 15) is 4.79 Å². The van der Waals surface area contributed by atoms with Crippen molar-refractivity contribution in [2.24, 2.45) is 5.92 Å². The van der Waals surface area contributed by atoms with E-state index in [0.717, 1.165) is 38.5 Å². The first-order chi connectivity index (χ1) is 19.4. The number of nitrogens with zero attached hydrogens (tertiary/aromatic N) is 4. The molecule has 5 rings (SSSR count). The summed E-state index contributed by atoms with van der Waals surface area (Å²) >= 11 is 0. The Balaban J connectivity index is 1.26. The topological polar surface area (TPSA) is 136 Å². The lowest BCUT2D eigenvalue weighted by Gasteiger charge is -2.31. The number of nitrogens with two attached hydrogens (primary N) is 1. The summed E-state index contributed by atoms with van der Waals surface area (Å²) in [4.78, 5) is 26.0. The summed E-state index contributed by atoms with van der Waals surface area (Å²) in [6, 6.07) is 8.91. The number of esters is 1. The number of hydrogen-bond donors (Lipinski definition) is 2. The maximum atomic E-state index is 13.3. The van der Waals surface area contributed by atoms with E-state index in [-0.39, 0.29) is 36.4 Å². The number of aromatic nitrogens is 4. The zero-order valence-corrected chi connectivity index (χ0v) is 24.2. The maximum Gasteiger partial charge on any atom is 0.324 e. The van der Waals surface area contributed by atoms with Crippen LogP contribution in [0.15, 0.2) is 43.0 Å². The van der Waals surface area contributed by atoms with Crippen LogP contribution in [0.3, 0.4) is 0 Å². The van der Waals surface area contributed by atoms with E-state index in [1.165, 1.54) is 12.7 Å². The van der Waals surface area contributed by atoms with Crippen LogP contribution in [0.5, 0.6) is 5.75 Å². The Hall–Kier alpha value is -2.85. The van der Waals surface area contributed by atoms with Crippen LogP contribution >= 0.6 is 8.53 Å². The van der Waals surface area contributed by atoms with Crippen molar-refractivity contribution in [1.29, 1.82) is 0 Å². The molecule has 216 valence electrons. The summed E-state index contributed by atoms with van der Waals surface area (Å²) in [6.45, 7) is 5.96. The average Bonchev–Trinajstić information content (AvgIpc) is 3.61. The van der Waals surface area contributed by atoms with Crippen molar-refractivity contribution < 1.29 is 23.3 Å². The summed E-state index contributed by atoms with van der Waals surface area (Å²) in [5.74, 6) is 0.721. The molecule has 40 heavy (non-hydrogen) atoms. The number of para-hydroxylation sites is 1. The van der Waals surface area contributed by atoms with E-state index in [4.69, 9.17) is 24.3 Å². The zero-order valence-electron chi connectivity index (χ0n) is 23.3. The standard InChI is InChI=1S/C28H39N6O5P/c1-18(2)24(28(35)36-20-10-6-4-7-11-20)33-40(39-21-12-8-5-9-13-21)38-19(3)22-14-15-23(37-22)34-17-32-25-26(29)30-16-31-27(25)34/h5,8-9,12-13,16-20,22-24,33H,4,6-7,10-11,14-15H2,1-3H3,(H2,29,30,31). The fourth-order valence-electron chi connectivity index (χ4n) is 5.16. The van der Waals surface area contributed by atoms with E-state index in [1.54, 1.807) is 6.33 Å². The van der Waals surface area contributed by atoms with E-state index in [1.807, 2.05) is 55.7 Å². The number of imidazole rings is 1. The van der Waals surface area contributed by atoms with Crippen LogP contribution in [-0.4, -0.2) is 49.8 Å². The molecule has 12 heteroatoms. The number of benzene rings is 1.